The van der Waals surface area contributed by atoms with E-state index in [9.17, 15) is 4.79 Å². The van der Waals surface area contributed by atoms with E-state index in [0.29, 0.717) is 5.02 Å². The molecule has 4 heteroatoms. The number of benzene rings is 1. The summed E-state index contributed by atoms with van der Waals surface area (Å²) in [7, 11) is 0. The molecule has 0 saturated heterocycles. The average Bonchev–Trinajstić information content (AvgIpc) is 2.62. The Balaban J connectivity index is 2.48. The lowest BCUT2D eigenvalue weighted by Gasteiger charge is -1.93. The Hall–Kier alpha value is -1.32. The first-order chi connectivity index (χ1) is 7.18. The van der Waals surface area contributed by atoms with Crippen molar-refractivity contribution in [2.24, 2.45) is 0 Å². The molecule has 0 atom stereocenters. The van der Waals surface area contributed by atoms with Gasteiger partial charge < -0.3 is 5.11 Å². The van der Waals surface area contributed by atoms with Crippen LogP contribution in [0.15, 0.2) is 36.4 Å². The quantitative estimate of drug-likeness (QED) is 0.865. The second kappa shape index (κ2) is 4.04. The Morgan fingerprint density at radius 2 is 1.93 bits per heavy atom. The molecule has 0 aliphatic heterocycles. The van der Waals surface area contributed by atoms with Crippen molar-refractivity contribution in [1.82, 2.24) is 0 Å². The van der Waals surface area contributed by atoms with Crippen LogP contribution in [0.3, 0.4) is 0 Å². The molecule has 1 aromatic carbocycles. The Morgan fingerprint density at radius 1 is 1.27 bits per heavy atom. The molecule has 0 unspecified atom stereocenters. The average molecular weight is 239 g/mol. The molecule has 0 fully saturated rings. The number of carboxylic acids is 1. The van der Waals surface area contributed by atoms with Crippen LogP contribution in [-0.2, 0) is 0 Å². The van der Waals surface area contributed by atoms with Crippen molar-refractivity contribution >= 4 is 28.9 Å². The van der Waals surface area contributed by atoms with Crippen LogP contribution in [0.25, 0.3) is 10.4 Å². The molecule has 2 nitrogen and oxygen atoms in total. The van der Waals surface area contributed by atoms with Crippen LogP contribution in [0.1, 0.15) is 9.67 Å². The molecule has 1 N–H and O–H groups in total. The maximum Gasteiger partial charge on any atom is 0.347 e. The van der Waals surface area contributed by atoms with Crippen LogP contribution in [0.4, 0.5) is 0 Å². The van der Waals surface area contributed by atoms with Gasteiger partial charge in [0, 0.05) is 4.88 Å². The number of hydrogen-bond donors (Lipinski definition) is 1. The molecule has 1 heterocycles. The first-order valence-electron chi connectivity index (χ1n) is 4.26. The fourth-order valence-corrected chi connectivity index (χ4v) is 2.52. The summed E-state index contributed by atoms with van der Waals surface area (Å²) >= 11 is 7.01. The molecular weight excluding hydrogens is 232 g/mol. The van der Waals surface area contributed by atoms with Gasteiger partial charge in [0.2, 0.25) is 0 Å². The fourth-order valence-electron chi connectivity index (χ4n) is 1.26. The van der Waals surface area contributed by atoms with Crippen LogP contribution in [-0.4, -0.2) is 11.1 Å². The minimum Gasteiger partial charge on any atom is -0.477 e. The molecule has 0 aliphatic rings. The summed E-state index contributed by atoms with van der Waals surface area (Å²) in [5.41, 5.74) is 0.983. The highest BCUT2D eigenvalue weighted by Crippen LogP contribution is 2.34. The van der Waals surface area contributed by atoms with Crippen LogP contribution < -0.4 is 0 Å². The van der Waals surface area contributed by atoms with E-state index in [-0.39, 0.29) is 4.88 Å². The van der Waals surface area contributed by atoms with Gasteiger partial charge in [-0.1, -0.05) is 41.9 Å². The predicted molar refractivity (Wildman–Crippen MR) is 61.7 cm³/mol. The lowest BCUT2D eigenvalue weighted by Crippen LogP contribution is -1.91. The zero-order valence-electron chi connectivity index (χ0n) is 7.61. The number of carboxylic acid groups (broad SMARTS) is 1. The van der Waals surface area contributed by atoms with E-state index < -0.39 is 5.97 Å². The van der Waals surface area contributed by atoms with Crippen molar-refractivity contribution in [3.63, 3.8) is 0 Å². The van der Waals surface area contributed by atoms with Gasteiger partial charge in [0.1, 0.15) is 4.88 Å². The van der Waals surface area contributed by atoms with Gasteiger partial charge >= 0.3 is 5.97 Å². The Labute approximate surface area is 95.8 Å². The third kappa shape index (κ3) is 2.03. The minimum absolute atomic E-state index is 0.190. The third-order valence-corrected chi connectivity index (χ3v) is 3.52. The molecule has 0 radical (unpaired) electrons. The van der Waals surface area contributed by atoms with Crippen LogP contribution in [0.5, 0.6) is 0 Å². The van der Waals surface area contributed by atoms with Gasteiger partial charge in [-0.3, -0.25) is 0 Å². The first-order valence-corrected chi connectivity index (χ1v) is 5.46. The fraction of sp³-hybridized carbons (Fsp3) is 0. The Kier molecular flexibility index (Phi) is 2.75. The molecular formula is C11H7ClO2S. The molecule has 2 aromatic rings. The highest BCUT2D eigenvalue weighted by atomic mass is 35.5. The van der Waals surface area contributed by atoms with Gasteiger partial charge in [0.15, 0.2) is 0 Å². The largest absolute Gasteiger partial charge is 0.477 e. The van der Waals surface area contributed by atoms with Crippen molar-refractivity contribution in [3.8, 4) is 10.4 Å². The molecule has 0 aliphatic carbocycles. The highest BCUT2D eigenvalue weighted by Gasteiger charge is 2.14. The number of aromatic carboxylic acids is 1. The second-order valence-corrected chi connectivity index (χ2v) is 4.42. The SMILES string of the molecule is O=C(O)c1sc(-c2ccccc2)cc1Cl. The third-order valence-electron chi connectivity index (χ3n) is 1.94. The summed E-state index contributed by atoms with van der Waals surface area (Å²) in [5, 5.41) is 9.15. The molecule has 15 heavy (non-hydrogen) atoms. The number of carbonyl (C=O) groups is 1. The van der Waals surface area contributed by atoms with E-state index >= 15 is 0 Å². The summed E-state index contributed by atoms with van der Waals surface area (Å²) in [6.07, 6.45) is 0. The van der Waals surface area contributed by atoms with E-state index in [2.05, 4.69) is 0 Å². The van der Waals surface area contributed by atoms with E-state index in [1.54, 1.807) is 6.07 Å². The lowest BCUT2D eigenvalue weighted by atomic mass is 10.2. The van der Waals surface area contributed by atoms with Crippen LogP contribution in [0, 0.1) is 0 Å². The highest BCUT2D eigenvalue weighted by molar-refractivity contribution is 7.18. The number of thiophene rings is 1. The lowest BCUT2D eigenvalue weighted by molar-refractivity contribution is 0.0702. The first kappa shape index (κ1) is 10.2. The standard InChI is InChI=1S/C11H7ClO2S/c12-8-6-9(15-10(8)11(13)14)7-4-2-1-3-5-7/h1-6H,(H,13,14). The van der Waals surface area contributed by atoms with E-state index in [4.69, 9.17) is 16.7 Å². The van der Waals surface area contributed by atoms with Crippen molar-refractivity contribution in [1.29, 1.82) is 0 Å². The zero-order valence-corrected chi connectivity index (χ0v) is 9.18. The smallest absolute Gasteiger partial charge is 0.347 e. The molecule has 0 spiro atoms. The summed E-state index contributed by atoms with van der Waals surface area (Å²) < 4.78 is 0. The Bertz CT molecular complexity index is 491. The van der Waals surface area contributed by atoms with Crippen molar-refractivity contribution in [3.05, 3.63) is 46.3 Å². The second-order valence-electron chi connectivity index (χ2n) is 2.96. The van der Waals surface area contributed by atoms with E-state index in [1.165, 1.54) is 11.3 Å². The predicted octanol–water partition coefficient (Wildman–Crippen LogP) is 3.77. The van der Waals surface area contributed by atoms with Gasteiger partial charge in [-0.2, -0.15) is 0 Å². The van der Waals surface area contributed by atoms with Gasteiger partial charge in [-0.05, 0) is 11.6 Å². The molecule has 76 valence electrons. The van der Waals surface area contributed by atoms with Crippen molar-refractivity contribution < 1.29 is 9.90 Å². The Morgan fingerprint density at radius 3 is 2.47 bits per heavy atom. The normalized spacial score (nSPS) is 10.2. The molecule has 0 amide bonds. The summed E-state index contributed by atoms with van der Waals surface area (Å²) in [5.74, 6) is -0.979. The van der Waals surface area contributed by atoms with Crippen LogP contribution >= 0.6 is 22.9 Å². The summed E-state index contributed by atoms with van der Waals surface area (Å²) in [6, 6.07) is 11.3. The maximum atomic E-state index is 10.8. The van der Waals surface area contributed by atoms with Gasteiger partial charge in [-0.25, -0.2) is 4.79 Å². The van der Waals surface area contributed by atoms with Crippen LogP contribution in [0.2, 0.25) is 5.02 Å². The van der Waals surface area contributed by atoms with Gasteiger partial charge in [0.25, 0.3) is 0 Å². The molecule has 1 aromatic heterocycles. The number of hydrogen-bond acceptors (Lipinski definition) is 2. The minimum atomic E-state index is -0.979. The molecule has 0 saturated carbocycles. The number of rotatable bonds is 2. The summed E-state index contributed by atoms with van der Waals surface area (Å²) in [4.78, 5) is 11.9. The van der Waals surface area contributed by atoms with E-state index in [0.717, 1.165) is 10.4 Å². The summed E-state index contributed by atoms with van der Waals surface area (Å²) in [6.45, 7) is 0. The van der Waals surface area contributed by atoms with Crippen molar-refractivity contribution in [2.45, 2.75) is 0 Å². The maximum absolute atomic E-state index is 10.8. The van der Waals surface area contributed by atoms with Crippen molar-refractivity contribution in [2.75, 3.05) is 0 Å². The van der Waals surface area contributed by atoms with Gasteiger partial charge in [0.05, 0.1) is 5.02 Å². The topological polar surface area (TPSA) is 37.3 Å². The number of halogens is 1. The molecule has 0 bridgehead atoms. The van der Waals surface area contributed by atoms with E-state index in [1.807, 2.05) is 30.3 Å². The van der Waals surface area contributed by atoms with Gasteiger partial charge in [-0.15, -0.1) is 11.3 Å². The zero-order chi connectivity index (χ0) is 10.8. The molecule has 2 rings (SSSR count). The monoisotopic (exact) mass is 238 g/mol.